The predicted molar refractivity (Wildman–Crippen MR) is 95.4 cm³/mol. The van der Waals surface area contributed by atoms with Crippen LogP contribution >= 0.6 is 0 Å². The van der Waals surface area contributed by atoms with E-state index in [2.05, 4.69) is 39.1 Å². The summed E-state index contributed by atoms with van der Waals surface area (Å²) >= 11 is 0. The Morgan fingerprint density at radius 3 is 2.50 bits per heavy atom. The van der Waals surface area contributed by atoms with Crippen molar-refractivity contribution in [3.05, 3.63) is 70.8 Å². The van der Waals surface area contributed by atoms with E-state index in [0.29, 0.717) is 5.39 Å². The van der Waals surface area contributed by atoms with E-state index in [-0.39, 0.29) is 5.56 Å². The Bertz CT molecular complexity index is 883. The maximum absolute atomic E-state index is 12.2. The van der Waals surface area contributed by atoms with Gasteiger partial charge in [0.2, 0.25) is 0 Å². The maximum atomic E-state index is 12.2. The van der Waals surface area contributed by atoms with Crippen molar-refractivity contribution in [2.75, 3.05) is 31.1 Å². The Hall–Kier alpha value is -2.66. The first-order chi connectivity index (χ1) is 11.8. The van der Waals surface area contributed by atoms with Crippen LogP contribution in [0, 0.1) is 0 Å². The number of aromatic amines is 1. The molecule has 0 atom stereocenters. The first kappa shape index (κ1) is 14.9. The van der Waals surface area contributed by atoms with Crippen molar-refractivity contribution in [3.63, 3.8) is 0 Å². The third kappa shape index (κ3) is 3.03. The van der Waals surface area contributed by atoms with Crippen LogP contribution in [-0.4, -0.2) is 36.1 Å². The molecule has 1 fully saturated rings. The third-order valence-electron chi connectivity index (χ3n) is 4.67. The molecule has 5 nitrogen and oxygen atoms in total. The molecule has 1 aromatic heterocycles. The number of hydrogen-bond donors (Lipinski definition) is 2. The number of nitrogens with zero attached hydrogens (tertiary/aromatic N) is 2. The Morgan fingerprint density at radius 2 is 1.71 bits per heavy atom. The molecule has 1 aliphatic rings. The molecule has 2 heterocycles. The summed E-state index contributed by atoms with van der Waals surface area (Å²) in [5.41, 5.74) is 2.02. The highest BCUT2D eigenvalue weighted by molar-refractivity contribution is 5.77. The van der Waals surface area contributed by atoms with Gasteiger partial charge in [-0.1, -0.05) is 30.3 Å². The number of rotatable bonds is 3. The Morgan fingerprint density at radius 1 is 1.00 bits per heavy atom. The molecule has 1 saturated heterocycles. The minimum atomic E-state index is -0.0436. The highest BCUT2D eigenvalue weighted by Gasteiger charge is 2.21. The van der Waals surface area contributed by atoms with Gasteiger partial charge in [-0.05, 0) is 24.3 Å². The minimum Gasteiger partial charge on any atom is -0.360 e. The molecular formula is C19H21N4O+. The van der Waals surface area contributed by atoms with Gasteiger partial charge in [-0.2, -0.15) is 0 Å². The Kier molecular flexibility index (Phi) is 4.01. The SMILES string of the molecule is O=c1[nH]c(C[NH+]2CCN(c3ccccc3)CC2)nc2ccccc12. The first-order valence-corrected chi connectivity index (χ1v) is 8.41. The molecule has 2 aromatic carbocycles. The van der Waals surface area contributed by atoms with Gasteiger partial charge < -0.3 is 14.8 Å². The normalized spacial score (nSPS) is 15.8. The van der Waals surface area contributed by atoms with Crippen molar-refractivity contribution < 1.29 is 4.90 Å². The smallest absolute Gasteiger partial charge is 0.258 e. The second-order valence-electron chi connectivity index (χ2n) is 6.28. The lowest BCUT2D eigenvalue weighted by Gasteiger charge is -2.33. The molecule has 3 aromatic rings. The number of piperazine rings is 1. The summed E-state index contributed by atoms with van der Waals surface area (Å²) in [6.07, 6.45) is 0. The summed E-state index contributed by atoms with van der Waals surface area (Å²) < 4.78 is 0. The fraction of sp³-hybridized carbons (Fsp3) is 0.263. The van der Waals surface area contributed by atoms with Crippen LogP contribution in [0.3, 0.4) is 0 Å². The van der Waals surface area contributed by atoms with Gasteiger partial charge in [-0.15, -0.1) is 0 Å². The molecule has 4 rings (SSSR count). The number of hydrogen-bond acceptors (Lipinski definition) is 3. The molecule has 0 unspecified atom stereocenters. The molecule has 5 heteroatoms. The molecule has 0 radical (unpaired) electrons. The van der Waals surface area contributed by atoms with Crippen LogP contribution in [0.15, 0.2) is 59.4 Å². The van der Waals surface area contributed by atoms with E-state index in [1.807, 2.05) is 30.3 Å². The van der Waals surface area contributed by atoms with E-state index >= 15 is 0 Å². The highest BCUT2D eigenvalue weighted by Crippen LogP contribution is 2.12. The van der Waals surface area contributed by atoms with Crippen molar-refractivity contribution >= 4 is 16.6 Å². The molecule has 0 saturated carbocycles. The van der Waals surface area contributed by atoms with Crippen LogP contribution in [0.4, 0.5) is 5.69 Å². The number of H-pyrrole nitrogens is 1. The first-order valence-electron chi connectivity index (χ1n) is 8.41. The topological polar surface area (TPSA) is 53.4 Å². The zero-order chi connectivity index (χ0) is 16.4. The highest BCUT2D eigenvalue weighted by atomic mass is 16.1. The average Bonchev–Trinajstić information content (AvgIpc) is 2.63. The van der Waals surface area contributed by atoms with Crippen molar-refractivity contribution in [2.45, 2.75) is 6.54 Å². The Balaban J connectivity index is 1.45. The van der Waals surface area contributed by atoms with E-state index in [4.69, 9.17) is 0 Å². The van der Waals surface area contributed by atoms with Gasteiger partial charge in [0.15, 0.2) is 5.82 Å². The summed E-state index contributed by atoms with van der Waals surface area (Å²) in [4.78, 5) is 23.6. The van der Waals surface area contributed by atoms with Crippen LogP contribution in [0.2, 0.25) is 0 Å². The van der Waals surface area contributed by atoms with Gasteiger partial charge in [-0.3, -0.25) is 4.79 Å². The molecule has 24 heavy (non-hydrogen) atoms. The van der Waals surface area contributed by atoms with Crippen molar-refractivity contribution in [1.29, 1.82) is 0 Å². The van der Waals surface area contributed by atoms with E-state index in [9.17, 15) is 4.79 Å². The number of anilines is 1. The maximum Gasteiger partial charge on any atom is 0.258 e. The molecule has 0 bridgehead atoms. The lowest BCUT2D eigenvalue weighted by atomic mass is 10.2. The van der Waals surface area contributed by atoms with Gasteiger partial charge in [0.25, 0.3) is 5.56 Å². The lowest BCUT2D eigenvalue weighted by Crippen LogP contribution is -3.13. The standard InChI is InChI=1S/C19H20N4O/c24-19-16-8-4-5-9-17(16)20-18(21-19)14-22-10-12-23(13-11-22)15-6-2-1-3-7-15/h1-9H,10-14H2,(H,20,21,24)/p+1. The van der Waals surface area contributed by atoms with Crippen LogP contribution in [0.25, 0.3) is 10.9 Å². The number of benzene rings is 2. The monoisotopic (exact) mass is 321 g/mol. The zero-order valence-electron chi connectivity index (χ0n) is 13.5. The summed E-state index contributed by atoms with van der Waals surface area (Å²) in [7, 11) is 0. The number of para-hydroxylation sites is 2. The number of fused-ring (bicyclic) bond motifs is 1. The summed E-state index contributed by atoms with van der Waals surface area (Å²) in [5, 5.41) is 0.658. The van der Waals surface area contributed by atoms with E-state index in [0.717, 1.165) is 44.1 Å². The molecule has 1 aliphatic heterocycles. The van der Waals surface area contributed by atoms with E-state index in [1.165, 1.54) is 10.6 Å². The summed E-state index contributed by atoms with van der Waals surface area (Å²) in [6, 6.07) is 18.0. The zero-order valence-corrected chi connectivity index (χ0v) is 13.5. The van der Waals surface area contributed by atoms with Gasteiger partial charge in [0, 0.05) is 5.69 Å². The second kappa shape index (κ2) is 6.45. The number of quaternary nitrogens is 1. The van der Waals surface area contributed by atoms with E-state index in [1.54, 1.807) is 0 Å². The molecule has 0 aliphatic carbocycles. The molecule has 2 N–H and O–H groups in total. The van der Waals surface area contributed by atoms with Crippen molar-refractivity contribution in [2.24, 2.45) is 0 Å². The molecular weight excluding hydrogens is 300 g/mol. The quantitative estimate of drug-likeness (QED) is 0.751. The summed E-state index contributed by atoms with van der Waals surface area (Å²) in [6.45, 7) is 4.91. The van der Waals surface area contributed by atoms with Crippen molar-refractivity contribution in [3.8, 4) is 0 Å². The van der Waals surface area contributed by atoms with Crippen molar-refractivity contribution in [1.82, 2.24) is 9.97 Å². The third-order valence-corrected chi connectivity index (χ3v) is 4.67. The van der Waals surface area contributed by atoms with Crippen LogP contribution < -0.4 is 15.4 Å². The van der Waals surface area contributed by atoms with Crippen LogP contribution in [-0.2, 0) is 6.54 Å². The number of aromatic nitrogens is 2. The van der Waals surface area contributed by atoms with Crippen LogP contribution in [0.1, 0.15) is 5.82 Å². The van der Waals surface area contributed by atoms with Gasteiger partial charge in [0.05, 0.1) is 37.1 Å². The Labute approximate surface area is 140 Å². The summed E-state index contributed by atoms with van der Waals surface area (Å²) in [5.74, 6) is 0.780. The van der Waals surface area contributed by atoms with Crippen LogP contribution in [0.5, 0.6) is 0 Å². The van der Waals surface area contributed by atoms with E-state index < -0.39 is 0 Å². The molecule has 0 spiro atoms. The largest absolute Gasteiger partial charge is 0.360 e. The lowest BCUT2D eigenvalue weighted by molar-refractivity contribution is -0.915. The minimum absolute atomic E-state index is 0.0436. The fourth-order valence-corrected chi connectivity index (χ4v) is 3.35. The fourth-order valence-electron chi connectivity index (χ4n) is 3.35. The van der Waals surface area contributed by atoms with Gasteiger partial charge in [0.1, 0.15) is 6.54 Å². The predicted octanol–water partition coefficient (Wildman–Crippen LogP) is 0.828. The van der Waals surface area contributed by atoms with Gasteiger partial charge >= 0.3 is 0 Å². The average molecular weight is 321 g/mol. The molecule has 122 valence electrons. The molecule has 0 amide bonds. The van der Waals surface area contributed by atoms with Gasteiger partial charge in [-0.25, -0.2) is 4.98 Å². The number of nitrogens with one attached hydrogen (secondary N) is 2. The second-order valence-corrected chi connectivity index (χ2v) is 6.28.